The van der Waals surface area contributed by atoms with Crippen molar-refractivity contribution in [3.8, 4) is 11.5 Å². The van der Waals surface area contributed by atoms with Gasteiger partial charge in [-0.1, -0.05) is 24.3 Å². The molecule has 2 aromatic carbocycles. The Kier molecular flexibility index (Phi) is 5.64. The zero-order chi connectivity index (χ0) is 20.1. The number of benzene rings is 2. The first-order valence-corrected chi connectivity index (χ1v) is 8.58. The predicted octanol–water partition coefficient (Wildman–Crippen LogP) is 3.44. The number of carboxylic acid groups (broad SMARTS) is 1. The summed E-state index contributed by atoms with van der Waals surface area (Å²) in [5.41, 5.74) is 0.760. The van der Waals surface area contributed by atoms with E-state index in [1.807, 2.05) is 13.0 Å². The number of methoxy groups -OCH3 is 1. The van der Waals surface area contributed by atoms with E-state index in [2.05, 4.69) is 5.32 Å². The van der Waals surface area contributed by atoms with Gasteiger partial charge < -0.3 is 24.6 Å². The van der Waals surface area contributed by atoms with Crippen LogP contribution in [0.15, 0.2) is 65.7 Å². The largest absolute Gasteiger partial charge is 0.493 e. The van der Waals surface area contributed by atoms with Crippen LogP contribution in [0.3, 0.4) is 0 Å². The van der Waals surface area contributed by atoms with Gasteiger partial charge in [0.05, 0.1) is 13.7 Å². The van der Waals surface area contributed by atoms with Gasteiger partial charge in [0.25, 0.3) is 0 Å². The second kappa shape index (κ2) is 8.30. The Hall–Kier alpha value is -3.74. The summed E-state index contributed by atoms with van der Waals surface area (Å²) in [7, 11) is 1.51. The van der Waals surface area contributed by atoms with Crippen LogP contribution in [-0.4, -0.2) is 30.6 Å². The number of aliphatic carboxylic acids is 1. The second-order valence-corrected chi connectivity index (χ2v) is 5.78. The van der Waals surface area contributed by atoms with Crippen molar-refractivity contribution < 1.29 is 28.9 Å². The number of carboxylic acids is 1. The van der Waals surface area contributed by atoms with Crippen molar-refractivity contribution in [2.24, 2.45) is 0 Å². The highest BCUT2D eigenvalue weighted by atomic mass is 16.5. The fourth-order valence-corrected chi connectivity index (χ4v) is 2.66. The number of carbonyl (C=O) groups excluding carboxylic acids is 1. The van der Waals surface area contributed by atoms with Crippen LogP contribution in [0, 0.1) is 0 Å². The van der Waals surface area contributed by atoms with Crippen molar-refractivity contribution in [1.29, 1.82) is 0 Å². The number of hydrogen-bond acceptors (Lipinski definition) is 6. The summed E-state index contributed by atoms with van der Waals surface area (Å²) in [6, 6.07) is 14.0. The number of hydrogen-bond donors (Lipinski definition) is 2. The third kappa shape index (κ3) is 3.98. The van der Waals surface area contributed by atoms with Crippen molar-refractivity contribution in [2.45, 2.75) is 6.92 Å². The standard InChI is InChI=1S/C21H19NO6/c1-3-27-15-10-9-13(11-16(15)26-2)12-17-19(23)18(21(24)25)20(28-17)22-14-7-5-4-6-8-14/h4-12,22H,3H2,1-2H3,(H,24,25)/b17-12-. The van der Waals surface area contributed by atoms with Gasteiger partial charge in [-0.2, -0.15) is 0 Å². The summed E-state index contributed by atoms with van der Waals surface area (Å²) in [4.78, 5) is 24.1. The molecular formula is C21H19NO6. The van der Waals surface area contributed by atoms with Crippen LogP contribution < -0.4 is 14.8 Å². The first-order chi connectivity index (χ1) is 13.5. The number of carbonyl (C=O) groups is 2. The summed E-state index contributed by atoms with van der Waals surface area (Å²) in [5, 5.41) is 12.3. The van der Waals surface area contributed by atoms with Crippen molar-refractivity contribution >= 4 is 23.5 Å². The van der Waals surface area contributed by atoms with Crippen LogP contribution in [0.25, 0.3) is 6.08 Å². The number of nitrogens with one attached hydrogen (secondary N) is 1. The molecule has 0 aromatic heterocycles. The molecule has 0 bridgehead atoms. The lowest BCUT2D eigenvalue weighted by molar-refractivity contribution is -0.134. The average Bonchev–Trinajstić information content (AvgIpc) is 2.99. The van der Waals surface area contributed by atoms with Crippen LogP contribution in [0.2, 0.25) is 0 Å². The second-order valence-electron chi connectivity index (χ2n) is 5.78. The Morgan fingerprint density at radius 2 is 1.93 bits per heavy atom. The summed E-state index contributed by atoms with van der Waals surface area (Å²) >= 11 is 0. The Bertz CT molecular complexity index is 962. The molecule has 0 saturated heterocycles. The molecule has 0 fully saturated rings. The van der Waals surface area contributed by atoms with Crippen LogP contribution in [0.5, 0.6) is 11.5 Å². The van der Waals surface area contributed by atoms with Crippen LogP contribution in [0.4, 0.5) is 5.69 Å². The molecule has 0 unspecified atom stereocenters. The highest BCUT2D eigenvalue weighted by molar-refractivity contribution is 6.26. The molecule has 0 spiro atoms. The third-order valence-corrected chi connectivity index (χ3v) is 3.92. The summed E-state index contributed by atoms with van der Waals surface area (Å²) in [5.74, 6) is -1.22. The summed E-state index contributed by atoms with van der Waals surface area (Å²) < 4.78 is 16.3. The lowest BCUT2D eigenvalue weighted by Crippen LogP contribution is -2.12. The number of allylic oxidation sites excluding steroid dienone is 1. The molecule has 2 N–H and O–H groups in total. The number of ketones is 1. The number of rotatable bonds is 7. The van der Waals surface area contributed by atoms with Gasteiger partial charge in [0.2, 0.25) is 11.7 Å². The Balaban J connectivity index is 1.90. The molecule has 144 valence electrons. The van der Waals surface area contributed by atoms with E-state index in [1.165, 1.54) is 13.2 Å². The minimum absolute atomic E-state index is 0.0953. The molecule has 0 atom stereocenters. The molecule has 1 aliphatic rings. The van der Waals surface area contributed by atoms with Crippen LogP contribution in [0.1, 0.15) is 12.5 Å². The molecule has 1 aliphatic heterocycles. The van der Waals surface area contributed by atoms with E-state index < -0.39 is 17.3 Å². The summed E-state index contributed by atoms with van der Waals surface area (Å²) in [6.45, 7) is 2.35. The Morgan fingerprint density at radius 3 is 2.57 bits per heavy atom. The number of para-hydroxylation sites is 1. The SMILES string of the molecule is CCOc1ccc(/C=C2\OC(Nc3ccccc3)=C(C(=O)O)C2=O)cc1OC. The van der Waals surface area contributed by atoms with Crippen molar-refractivity contribution in [2.75, 3.05) is 19.0 Å². The van der Waals surface area contributed by atoms with Gasteiger partial charge in [0.15, 0.2) is 22.8 Å². The molecule has 0 saturated carbocycles. The van der Waals surface area contributed by atoms with Crippen molar-refractivity contribution in [1.82, 2.24) is 0 Å². The third-order valence-electron chi connectivity index (χ3n) is 3.92. The molecule has 0 radical (unpaired) electrons. The van der Waals surface area contributed by atoms with E-state index in [-0.39, 0.29) is 11.6 Å². The normalized spacial score (nSPS) is 14.8. The van der Waals surface area contributed by atoms with Gasteiger partial charge in [-0.3, -0.25) is 4.79 Å². The number of anilines is 1. The molecule has 28 heavy (non-hydrogen) atoms. The molecule has 1 heterocycles. The highest BCUT2D eigenvalue weighted by Gasteiger charge is 2.35. The van der Waals surface area contributed by atoms with Gasteiger partial charge in [-0.25, -0.2) is 4.79 Å². The molecule has 3 rings (SSSR count). The quantitative estimate of drug-likeness (QED) is 0.560. The van der Waals surface area contributed by atoms with Gasteiger partial charge in [0, 0.05) is 5.69 Å². The monoisotopic (exact) mass is 381 g/mol. The fourth-order valence-electron chi connectivity index (χ4n) is 2.66. The topological polar surface area (TPSA) is 94.1 Å². The lowest BCUT2D eigenvalue weighted by atomic mass is 10.1. The maximum absolute atomic E-state index is 12.5. The molecule has 0 amide bonds. The smallest absolute Gasteiger partial charge is 0.345 e. The van der Waals surface area contributed by atoms with Gasteiger partial charge in [0.1, 0.15) is 0 Å². The minimum Gasteiger partial charge on any atom is -0.493 e. The zero-order valence-electron chi connectivity index (χ0n) is 15.4. The molecule has 0 aliphatic carbocycles. The Labute approximate surface area is 161 Å². The van der Waals surface area contributed by atoms with Gasteiger partial charge in [-0.05, 0) is 42.8 Å². The molecule has 7 heteroatoms. The molecule has 2 aromatic rings. The number of ether oxygens (including phenoxy) is 3. The van der Waals surface area contributed by atoms with Gasteiger partial charge in [-0.15, -0.1) is 0 Å². The van der Waals surface area contributed by atoms with Crippen LogP contribution >= 0.6 is 0 Å². The fraction of sp³-hybridized carbons (Fsp3) is 0.143. The summed E-state index contributed by atoms with van der Waals surface area (Å²) in [6.07, 6.45) is 1.46. The predicted molar refractivity (Wildman–Crippen MR) is 103 cm³/mol. The zero-order valence-corrected chi connectivity index (χ0v) is 15.4. The maximum Gasteiger partial charge on any atom is 0.345 e. The highest BCUT2D eigenvalue weighted by Crippen LogP contribution is 2.31. The van der Waals surface area contributed by atoms with Gasteiger partial charge >= 0.3 is 5.97 Å². The average molecular weight is 381 g/mol. The van der Waals surface area contributed by atoms with E-state index in [0.717, 1.165) is 0 Å². The maximum atomic E-state index is 12.5. The van der Waals surface area contributed by atoms with E-state index in [9.17, 15) is 14.7 Å². The Morgan fingerprint density at radius 1 is 1.18 bits per heavy atom. The van der Waals surface area contributed by atoms with E-state index in [1.54, 1.807) is 42.5 Å². The van der Waals surface area contributed by atoms with Crippen molar-refractivity contribution in [3.05, 3.63) is 71.3 Å². The van der Waals surface area contributed by atoms with E-state index in [4.69, 9.17) is 14.2 Å². The van der Waals surface area contributed by atoms with E-state index in [0.29, 0.717) is 29.4 Å². The lowest BCUT2D eigenvalue weighted by Gasteiger charge is -2.10. The van der Waals surface area contributed by atoms with Crippen molar-refractivity contribution in [3.63, 3.8) is 0 Å². The number of Topliss-reactive ketones (excluding diaryl/α,β-unsaturated/α-hetero) is 1. The van der Waals surface area contributed by atoms with E-state index >= 15 is 0 Å². The minimum atomic E-state index is -1.36. The first-order valence-electron chi connectivity index (χ1n) is 8.58. The molecule has 7 nitrogen and oxygen atoms in total. The first kappa shape index (κ1) is 19.0. The molecular weight excluding hydrogens is 362 g/mol. The van der Waals surface area contributed by atoms with Crippen LogP contribution in [-0.2, 0) is 14.3 Å².